The van der Waals surface area contributed by atoms with Gasteiger partial charge in [0, 0.05) is 18.3 Å². The maximum Gasteiger partial charge on any atom is 0.238 e. The molecule has 0 bridgehead atoms. The van der Waals surface area contributed by atoms with Gasteiger partial charge in [0.2, 0.25) is 11.8 Å². The number of benzene rings is 1. The maximum atomic E-state index is 11.0. The van der Waals surface area contributed by atoms with E-state index in [1.807, 2.05) is 0 Å². The average Bonchev–Trinajstić information content (AvgIpc) is 2.17. The Kier molecular flexibility index (Phi) is 3.82. The first-order valence-electron chi connectivity index (χ1n) is 4.49. The smallest absolute Gasteiger partial charge is 0.238 e. The summed E-state index contributed by atoms with van der Waals surface area (Å²) >= 11 is 0. The summed E-state index contributed by atoms with van der Waals surface area (Å²) in [6.07, 6.45) is 0. The van der Waals surface area contributed by atoms with Crippen molar-refractivity contribution in [2.24, 2.45) is 5.73 Å². The van der Waals surface area contributed by atoms with Crippen molar-refractivity contribution in [3.8, 4) is 0 Å². The summed E-state index contributed by atoms with van der Waals surface area (Å²) in [6, 6.07) is 6.85. The van der Waals surface area contributed by atoms with Gasteiger partial charge in [0.05, 0.1) is 6.54 Å². The Hall–Kier alpha value is -1.88. The first kappa shape index (κ1) is 11.2. The minimum absolute atomic E-state index is 0.0651. The summed E-state index contributed by atoms with van der Waals surface area (Å²) in [4.78, 5) is 21.8. The van der Waals surface area contributed by atoms with Crippen LogP contribution >= 0.6 is 0 Å². The van der Waals surface area contributed by atoms with Gasteiger partial charge < -0.3 is 16.4 Å². The molecule has 5 heteroatoms. The molecule has 0 fully saturated rings. The van der Waals surface area contributed by atoms with Crippen LogP contribution in [0.15, 0.2) is 24.3 Å². The van der Waals surface area contributed by atoms with Gasteiger partial charge in [0.1, 0.15) is 0 Å². The van der Waals surface area contributed by atoms with Gasteiger partial charge in [-0.15, -0.1) is 0 Å². The second-order valence-electron chi connectivity index (χ2n) is 3.01. The molecule has 0 saturated carbocycles. The highest BCUT2D eigenvalue weighted by molar-refractivity contribution is 5.94. The molecule has 0 aliphatic heterocycles. The van der Waals surface area contributed by atoms with Crippen LogP contribution in [0.1, 0.15) is 6.92 Å². The molecule has 0 aromatic heterocycles. The molecule has 1 aromatic carbocycles. The SMILES string of the molecule is CC(=O)Nc1cccc(NC(=O)CN)c1. The van der Waals surface area contributed by atoms with Crippen molar-refractivity contribution in [3.63, 3.8) is 0 Å². The third kappa shape index (κ3) is 3.78. The van der Waals surface area contributed by atoms with Crippen molar-refractivity contribution >= 4 is 23.2 Å². The van der Waals surface area contributed by atoms with Gasteiger partial charge in [0.25, 0.3) is 0 Å². The van der Waals surface area contributed by atoms with E-state index in [1.165, 1.54) is 6.92 Å². The summed E-state index contributed by atoms with van der Waals surface area (Å²) in [6.45, 7) is 1.36. The normalized spacial score (nSPS) is 9.47. The fraction of sp³-hybridized carbons (Fsp3) is 0.200. The maximum absolute atomic E-state index is 11.0. The Morgan fingerprint density at radius 2 is 1.87 bits per heavy atom. The molecule has 15 heavy (non-hydrogen) atoms. The van der Waals surface area contributed by atoms with E-state index < -0.39 is 0 Å². The Balaban J connectivity index is 2.74. The Morgan fingerprint density at radius 3 is 2.40 bits per heavy atom. The van der Waals surface area contributed by atoms with Crippen molar-refractivity contribution in [1.82, 2.24) is 0 Å². The molecule has 0 aliphatic carbocycles. The number of nitrogens with one attached hydrogen (secondary N) is 2. The van der Waals surface area contributed by atoms with Gasteiger partial charge in [-0.25, -0.2) is 0 Å². The van der Waals surface area contributed by atoms with Crippen molar-refractivity contribution in [3.05, 3.63) is 24.3 Å². The van der Waals surface area contributed by atoms with E-state index in [0.29, 0.717) is 11.4 Å². The number of carbonyl (C=O) groups excluding carboxylic acids is 2. The number of rotatable bonds is 3. The molecule has 0 heterocycles. The summed E-state index contributed by atoms with van der Waals surface area (Å²) < 4.78 is 0. The first-order chi connectivity index (χ1) is 7.11. The van der Waals surface area contributed by atoms with E-state index in [2.05, 4.69) is 10.6 Å². The van der Waals surface area contributed by atoms with Gasteiger partial charge in [-0.1, -0.05) is 6.07 Å². The Morgan fingerprint density at radius 1 is 1.27 bits per heavy atom. The van der Waals surface area contributed by atoms with Crippen LogP contribution in [-0.2, 0) is 9.59 Å². The van der Waals surface area contributed by atoms with E-state index in [0.717, 1.165) is 0 Å². The highest BCUT2D eigenvalue weighted by Gasteiger charge is 2.00. The molecule has 0 spiro atoms. The number of amides is 2. The molecule has 4 N–H and O–H groups in total. The third-order valence-corrected chi connectivity index (χ3v) is 1.65. The van der Waals surface area contributed by atoms with Gasteiger partial charge >= 0.3 is 0 Å². The zero-order valence-electron chi connectivity index (χ0n) is 8.41. The Labute approximate surface area is 87.7 Å². The standard InChI is InChI=1S/C10H13N3O2/c1-7(14)12-8-3-2-4-9(5-8)13-10(15)6-11/h2-5H,6,11H2,1H3,(H,12,14)(H,13,15). The minimum Gasteiger partial charge on any atom is -0.326 e. The first-order valence-corrected chi connectivity index (χ1v) is 4.49. The Bertz CT molecular complexity index is 377. The number of hydrogen-bond acceptors (Lipinski definition) is 3. The quantitative estimate of drug-likeness (QED) is 0.676. The minimum atomic E-state index is -0.269. The fourth-order valence-corrected chi connectivity index (χ4v) is 1.09. The number of nitrogens with two attached hydrogens (primary N) is 1. The van der Waals surface area contributed by atoms with Crippen LogP contribution < -0.4 is 16.4 Å². The van der Waals surface area contributed by atoms with Crippen LogP contribution in [0.2, 0.25) is 0 Å². The second-order valence-corrected chi connectivity index (χ2v) is 3.01. The summed E-state index contributed by atoms with van der Waals surface area (Å²) in [5.74, 6) is -0.424. The molecule has 0 unspecified atom stereocenters. The molecule has 80 valence electrons. The zero-order valence-corrected chi connectivity index (χ0v) is 8.41. The molecule has 0 atom stereocenters. The lowest BCUT2D eigenvalue weighted by atomic mass is 10.2. The molecule has 1 rings (SSSR count). The second kappa shape index (κ2) is 5.11. The van der Waals surface area contributed by atoms with Gasteiger partial charge in [-0.3, -0.25) is 9.59 Å². The zero-order chi connectivity index (χ0) is 11.3. The van der Waals surface area contributed by atoms with Crippen LogP contribution in [-0.4, -0.2) is 18.4 Å². The summed E-state index contributed by atoms with van der Waals surface area (Å²) in [5, 5.41) is 5.20. The lowest BCUT2D eigenvalue weighted by Gasteiger charge is -2.06. The van der Waals surface area contributed by atoms with Gasteiger partial charge in [0.15, 0.2) is 0 Å². The molecule has 0 saturated heterocycles. The highest BCUT2D eigenvalue weighted by atomic mass is 16.2. The number of anilines is 2. The molecule has 1 aromatic rings. The van der Waals surface area contributed by atoms with Crippen molar-refractivity contribution < 1.29 is 9.59 Å². The van der Waals surface area contributed by atoms with Crippen LogP contribution in [0.3, 0.4) is 0 Å². The fourth-order valence-electron chi connectivity index (χ4n) is 1.09. The van der Waals surface area contributed by atoms with Crippen molar-refractivity contribution in [2.75, 3.05) is 17.2 Å². The number of carbonyl (C=O) groups is 2. The lowest BCUT2D eigenvalue weighted by molar-refractivity contribution is -0.115. The predicted molar refractivity (Wildman–Crippen MR) is 58.4 cm³/mol. The molecular weight excluding hydrogens is 194 g/mol. The van der Waals surface area contributed by atoms with Crippen molar-refractivity contribution in [2.45, 2.75) is 6.92 Å². The van der Waals surface area contributed by atoms with Crippen LogP contribution in [0.4, 0.5) is 11.4 Å². The topological polar surface area (TPSA) is 84.2 Å². The largest absolute Gasteiger partial charge is 0.326 e. The van der Waals surface area contributed by atoms with Crippen molar-refractivity contribution in [1.29, 1.82) is 0 Å². The summed E-state index contributed by atoms with van der Waals surface area (Å²) in [7, 11) is 0. The van der Waals surface area contributed by atoms with Gasteiger partial charge in [-0.05, 0) is 18.2 Å². The van der Waals surface area contributed by atoms with Gasteiger partial charge in [-0.2, -0.15) is 0 Å². The van der Waals surface area contributed by atoms with E-state index in [1.54, 1.807) is 24.3 Å². The molecule has 5 nitrogen and oxygen atoms in total. The van der Waals surface area contributed by atoms with Crippen LogP contribution in [0.5, 0.6) is 0 Å². The molecule has 0 radical (unpaired) electrons. The molecule has 0 aliphatic rings. The third-order valence-electron chi connectivity index (χ3n) is 1.65. The van der Waals surface area contributed by atoms with E-state index >= 15 is 0 Å². The van der Waals surface area contributed by atoms with Crippen LogP contribution in [0, 0.1) is 0 Å². The monoisotopic (exact) mass is 207 g/mol. The lowest BCUT2D eigenvalue weighted by Crippen LogP contribution is -2.21. The predicted octanol–water partition coefficient (Wildman–Crippen LogP) is 0.542. The van der Waals surface area contributed by atoms with E-state index in [4.69, 9.17) is 5.73 Å². The highest BCUT2D eigenvalue weighted by Crippen LogP contribution is 2.14. The van der Waals surface area contributed by atoms with Crippen LogP contribution in [0.25, 0.3) is 0 Å². The molecular formula is C10H13N3O2. The number of hydrogen-bond donors (Lipinski definition) is 3. The van der Waals surface area contributed by atoms with E-state index in [9.17, 15) is 9.59 Å². The molecule has 2 amide bonds. The average molecular weight is 207 g/mol. The summed E-state index contributed by atoms with van der Waals surface area (Å²) in [5.41, 5.74) is 6.40. The van der Waals surface area contributed by atoms with E-state index in [-0.39, 0.29) is 18.4 Å².